The minimum atomic E-state index is -1.13. The number of aliphatic carboxylic acids is 1. The molecule has 0 aliphatic heterocycles. The summed E-state index contributed by atoms with van der Waals surface area (Å²) in [6, 6.07) is 3.53. The van der Waals surface area contributed by atoms with Crippen molar-refractivity contribution in [1.29, 1.82) is 0 Å². The van der Waals surface area contributed by atoms with Gasteiger partial charge in [-0.1, -0.05) is 6.07 Å². The highest BCUT2D eigenvalue weighted by atomic mass is 79.9. The first kappa shape index (κ1) is 14.4. The number of hydrogen-bond donors (Lipinski definition) is 2. The van der Waals surface area contributed by atoms with Gasteiger partial charge in [0.2, 0.25) is 5.82 Å². The third-order valence-electron chi connectivity index (χ3n) is 2.39. The molecule has 104 valence electrons. The van der Waals surface area contributed by atoms with Gasteiger partial charge in [0.1, 0.15) is 0 Å². The maximum absolute atomic E-state index is 11.3. The van der Waals surface area contributed by atoms with Crippen LogP contribution in [0.15, 0.2) is 34.2 Å². The van der Waals surface area contributed by atoms with Gasteiger partial charge in [-0.25, -0.2) is 9.78 Å². The predicted octanol–water partition coefficient (Wildman–Crippen LogP) is 3.05. The van der Waals surface area contributed by atoms with E-state index in [2.05, 4.69) is 26.2 Å². The van der Waals surface area contributed by atoms with E-state index in [0.717, 1.165) is 0 Å². The molecule has 0 spiro atoms. The molecule has 0 bridgehead atoms. The number of hydrogen-bond acceptors (Lipinski definition) is 6. The third kappa shape index (κ3) is 3.11. The molecule has 0 amide bonds. The van der Waals surface area contributed by atoms with E-state index in [-0.39, 0.29) is 11.5 Å². The van der Waals surface area contributed by atoms with Gasteiger partial charge >= 0.3 is 11.7 Å². The summed E-state index contributed by atoms with van der Waals surface area (Å²) in [5.74, 6) is -1.22. The first-order valence-electron chi connectivity index (χ1n) is 5.31. The summed E-state index contributed by atoms with van der Waals surface area (Å²) in [4.78, 5) is 26.1. The Morgan fingerprint density at radius 3 is 2.90 bits per heavy atom. The van der Waals surface area contributed by atoms with Crippen LogP contribution in [0.1, 0.15) is 10.9 Å². The molecule has 2 aromatic rings. The van der Waals surface area contributed by atoms with Crippen molar-refractivity contribution in [2.24, 2.45) is 0 Å². The molecule has 1 unspecified atom stereocenters. The number of pyridine rings is 1. The molecular weight excluding hydrogens is 350 g/mol. The van der Waals surface area contributed by atoms with Crippen LogP contribution in [-0.4, -0.2) is 21.0 Å². The zero-order valence-corrected chi connectivity index (χ0v) is 12.2. The second-order valence-corrected chi connectivity index (χ2v) is 5.60. The Bertz CT molecular complexity index is 647. The van der Waals surface area contributed by atoms with Gasteiger partial charge in [-0.2, -0.15) is 0 Å². The summed E-state index contributed by atoms with van der Waals surface area (Å²) in [5.41, 5.74) is -0.290. The maximum Gasteiger partial charge on any atom is 0.331 e. The molecule has 0 saturated heterocycles. The van der Waals surface area contributed by atoms with Crippen LogP contribution in [0.4, 0.5) is 11.5 Å². The average molecular weight is 358 g/mol. The van der Waals surface area contributed by atoms with Crippen molar-refractivity contribution in [2.45, 2.75) is 6.04 Å². The van der Waals surface area contributed by atoms with Gasteiger partial charge in [-0.05, 0) is 27.4 Å². The first-order valence-corrected chi connectivity index (χ1v) is 6.99. The van der Waals surface area contributed by atoms with E-state index in [9.17, 15) is 20.0 Å². The Hall–Kier alpha value is -2.00. The number of carboxylic acids is 1. The number of halogens is 1. The van der Waals surface area contributed by atoms with Gasteiger partial charge in [-0.15, -0.1) is 11.3 Å². The molecule has 0 aromatic carbocycles. The van der Waals surface area contributed by atoms with Gasteiger partial charge in [0.25, 0.3) is 0 Å². The van der Waals surface area contributed by atoms with Gasteiger partial charge in [-0.3, -0.25) is 10.1 Å². The van der Waals surface area contributed by atoms with E-state index in [4.69, 9.17) is 0 Å². The van der Waals surface area contributed by atoms with Gasteiger partial charge in [0, 0.05) is 21.6 Å². The van der Waals surface area contributed by atoms with Crippen molar-refractivity contribution in [2.75, 3.05) is 5.32 Å². The standard InChI is InChI=1S/C11H8BrN3O4S/c12-6-4-7(15(18)19)10(13-5-6)14-9(11(16)17)8-2-1-3-20-8/h1-5,9H,(H,13,14)(H,16,17). The molecule has 2 heterocycles. The minimum absolute atomic E-state index is 0.0843. The smallest absolute Gasteiger partial charge is 0.331 e. The molecule has 1 atom stereocenters. The van der Waals surface area contributed by atoms with Crippen molar-refractivity contribution < 1.29 is 14.8 Å². The molecule has 0 aliphatic rings. The Kier molecular flexibility index (Phi) is 4.30. The highest BCUT2D eigenvalue weighted by Crippen LogP contribution is 2.30. The summed E-state index contributed by atoms with van der Waals surface area (Å²) in [6.07, 6.45) is 1.36. The zero-order chi connectivity index (χ0) is 14.7. The van der Waals surface area contributed by atoms with Crippen molar-refractivity contribution in [3.63, 3.8) is 0 Å². The molecule has 2 rings (SSSR count). The number of nitrogens with zero attached hydrogens (tertiary/aromatic N) is 2. The Morgan fingerprint density at radius 2 is 2.35 bits per heavy atom. The molecule has 0 radical (unpaired) electrons. The van der Waals surface area contributed by atoms with E-state index >= 15 is 0 Å². The molecule has 0 saturated carbocycles. The normalized spacial score (nSPS) is 11.8. The highest BCUT2D eigenvalue weighted by molar-refractivity contribution is 9.10. The third-order valence-corrected chi connectivity index (χ3v) is 3.76. The van der Waals surface area contributed by atoms with Crippen LogP contribution in [0.3, 0.4) is 0 Å². The van der Waals surface area contributed by atoms with Gasteiger partial charge < -0.3 is 10.4 Å². The molecule has 0 aliphatic carbocycles. The van der Waals surface area contributed by atoms with Gasteiger partial charge in [0.05, 0.1) is 4.92 Å². The van der Waals surface area contributed by atoms with Crippen LogP contribution in [0.25, 0.3) is 0 Å². The van der Waals surface area contributed by atoms with Crippen molar-refractivity contribution in [3.8, 4) is 0 Å². The Labute approximate surface area is 125 Å². The fraction of sp³-hybridized carbons (Fsp3) is 0.0909. The Morgan fingerprint density at radius 1 is 1.60 bits per heavy atom. The predicted molar refractivity (Wildman–Crippen MR) is 76.9 cm³/mol. The number of thiophene rings is 1. The average Bonchev–Trinajstić information content (AvgIpc) is 2.90. The van der Waals surface area contributed by atoms with Crippen LogP contribution in [0.2, 0.25) is 0 Å². The van der Waals surface area contributed by atoms with Crippen LogP contribution in [0, 0.1) is 10.1 Å². The van der Waals surface area contributed by atoms with Crippen molar-refractivity contribution in [3.05, 3.63) is 49.2 Å². The number of nitro groups is 1. The number of anilines is 1. The van der Waals surface area contributed by atoms with E-state index in [0.29, 0.717) is 9.35 Å². The minimum Gasteiger partial charge on any atom is -0.479 e. The lowest BCUT2D eigenvalue weighted by atomic mass is 10.2. The summed E-state index contributed by atoms with van der Waals surface area (Å²) < 4.78 is 0.442. The fourth-order valence-corrected chi connectivity index (χ4v) is 2.61. The van der Waals surface area contributed by atoms with Crippen LogP contribution in [0.5, 0.6) is 0 Å². The lowest BCUT2D eigenvalue weighted by Gasteiger charge is -2.13. The van der Waals surface area contributed by atoms with E-state index < -0.39 is 16.9 Å². The summed E-state index contributed by atoms with van der Waals surface area (Å²) in [7, 11) is 0. The van der Waals surface area contributed by atoms with Crippen molar-refractivity contribution >= 4 is 44.7 Å². The number of rotatable bonds is 5. The number of carbonyl (C=O) groups is 1. The number of aromatic nitrogens is 1. The highest BCUT2D eigenvalue weighted by Gasteiger charge is 2.25. The lowest BCUT2D eigenvalue weighted by Crippen LogP contribution is -2.20. The number of carboxylic acid groups (broad SMARTS) is 1. The largest absolute Gasteiger partial charge is 0.479 e. The molecule has 7 nitrogen and oxygen atoms in total. The molecule has 9 heteroatoms. The topological polar surface area (TPSA) is 105 Å². The first-order chi connectivity index (χ1) is 9.49. The quantitative estimate of drug-likeness (QED) is 0.629. The molecule has 2 N–H and O–H groups in total. The molecule has 20 heavy (non-hydrogen) atoms. The zero-order valence-electron chi connectivity index (χ0n) is 9.82. The van der Waals surface area contributed by atoms with Crippen LogP contribution < -0.4 is 5.32 Å². The summed E-state index contributed by atoms with van der Waals surface area (Å²) in [6.45, 7) is 0. The van der Waals surface area contributed by atoms with Gasteiger partial charge in [0.15, 0.2) is 6.04 Å². The van der Waals surface area contributed by atoms with E-state index in [1.165, 1.54) is 23.6 Å². The van der Waals surface area contributed by atoms with E-state index in [1.807, 2.05) is 0 Å². The van der Waals surface area contributed by atoms with Crippen LogP contribution >= 0.6 is 27.3 Å². The SMILES string of the molecule is O=C(O)C(Nc1ncc(Br)cc1[N+](=O)[O-])c1cccs1. The fourth-order valence-electron chi connectivity index (χ4n) is 1.53. The van der Waals surface area contributed by atoms with E-state index in [1.54, 1.807) is 17.5 Å². The molecule has 2 aromatic heterocycles. The maximum atomic E-state index is 11.3. The summed E-state index contributed by atoms with van der Waals surface area (Å²) >= 11 is 4.34. The second-order valence-electron chi connectivity index (χ2n) is 3.71. The molecule has 0 fully saturated rings. The lowest BCUT2D eigenvalue weighted by molar-refractivity contribution is -0.384. The van der Waals surface area contributed by atoms with Crippen molar-refractivity contribution in [1.82, 2.24) is 4.98 Å². The summed E-state index contributed by atoms with van der Waals surface area (Å²) in [5, 5.41) is 24.5. The number of nitrogens with one attached hydrogen (secondary N) is 1. The second kappa shape index (κ2) is 5.97. The molecular formula is C11H8BrN3O4S. The monoisotopic (exact) mass is 357 g/mol. The van der Waals surface area contributed by atoms with Crippen LogP contribution in [-0.2, 0) is 4.79 Å². The Balaban J connectivity index is 2.37.